The number of hydrogen-bond donors (Lipinski definition) is 0. The van der Waals surface area contributed by atoms with Crippen molar-refractivity contribution in [3.05, 3.63) is 0 Å². The molecule has 0 bridgehead atoms. The quantitative estimate of drug-likeness (QED) is 0.574. The summed E-state index contributed by atoms with van der Waals surface area (Å²) in [6.07, 6.45) is 11.3. The summed E-state index contributed by atoms with van der Waals surface area (Å²) < 4.78 is 6.20. The van der Waals surface area contributed by atoms with Crippen LogP contribution in [0.4, 0.5) is 0 Å². The van der Waals surface area contributed by atoms with Crippen LogP contribution in [0.5, 0.6) is 0 Å². The van der Waals surface area contributed by atoms with E-state index in [-0.39, 0.29) is 0 Å². The van der Waals surface area contributed by atoms with Crippen molar-refractivity contribution < 1.29 is 4.74 Å². The standard InChI is InChI=1S/C13H22O/c1-9-5-6-11-8-7-10-3-2-4-12(10)13(11)14-9/h9-13H,2-8H2,1H3. The van der Waals surface area contributed by atoms with Crippen molar-refractivity contribution in [3.8, 4) is 0 Å². The van der Waals surface area contributed by atoms with Gasteiger partial charge in [0, 0.05) is 0 Å². The maximum Gasteiger partial charge on any atom is 0.0637 e. The summed E-state index contributed by atoms with van der Waals surface area (Å²) in [6.45, 7) is 2.26. The molecule has 0 N–H and O–H groups in total. The van der Waals surface area contributed by atoms with Crippen molar-refractivity contribution in [2.24, 2.45) is 17.8 Å². The highest BCUT2D eigenvalue weighted by Gasteiger charge is 2.44. The molecule has 1 nitrogen and oxygen atoms in total. The van der Waals surface area contributed by atoms with Crippen molar-refractivity contribution in [1.82, 2.24) is 0 Å². The van der Waals surface area contributed by atoms with Gasteiger partial charge in [0.25, 0.3) is 0 Å². The summed E-state index contributed by atoms with van der Waals surface area (Å²) in [7, 11) is 0. The van der Waals surface area contributed by atoms with Gasteiger partial charge in [0.05, 0.1) is 12.2 Å². The highest BCUT2D eigenvalue weighted by atomic mass is 16.5. The third-order valence-electron chi connectivity index (χ3n) is 4.85. The predicted octanol–water partition coefficient (Wildman–Crippen LogP) is 3.38. The monoisotopic (exact) mass is 194 g/mol. The molecule has 1 aliphatic heterocycles. The van der Waals surface area contributed by atoms with Crippen LogP contribution in [0.1, 0.15) is 51.9 Å². The molecule has 3 fully saturated rings. The van der Waals surface area contributed by atoms with E-state index in [0.717, 1.165) is 17.8 Å². The number of ether oxygens (including phenoxy) is 1. The topological polar surface area (TPSA) is 9.23 Å². The first kappa shape index (κ1) is 9.21. The molecule has 2 aliphatic carbocycles. The van der Waals surface area contributed by atoms with Crippen LogP contribution >= 0.6 is 0 Å². The number of hydrogen-bond acceptors (Lipinski definition) is 1. The van der Waals surface area contributed by atoms with E-state index < -0.39 is 0 Å². The highest BCUT2D eigenvalue weighted by Crippen LogP contribution is 2.48. The number of rotatable bonds is 0. The summed E-state index contributed by atoms with van der Waals surface area (Å²) in [5.74, 6) is 2.89. The highest BCUT2D eigenvalue weighted by molar-refractivity contribution is 4.94. The van der Waals surface area contributed by atoms with Gasteiger partial charge in [-0.05, 0) is 56.8 Å². The van der Waals surface area contributed by atoms with Crippen LogP contribution in [0.2, 0.25) is 0 Å². The second-order valence-corrected chi connectivity index (χ2v) is 5.68. The fraction of sp³-hybridized carbons (Fsp3) is 1.00. The van der Waals surface area contributed by atoms with Crippen LogP contribution in [0, 0.1) is 17.8 Å². The van der Waals surface area contributed by atoms with Crippen molar-refractivity contribution in [2.75, 3.05) is 0 Å². The lowest BCUT2D eigenvalue weighted by atomic mass is 9.70. The van der Waals surface area contributed by atoms with Crippen LogP contribution in [-0.2, 0) is 4.74 Å². The van der Waals surface area contributed by atoms with Crippen molar-refractivity contribution >= 4 is 0 Å². The van der Waals surface area contributed by atoms with Crippen LogP contribution in [-0.4, -0.2) is 12.2 Å². The fourth-order valence-corrected chi connectivity index (χ4v) is 4.10. The zero-order valence-corrected chi connectivity index (χ0v) is 9.24. The lowest BCUT2D eigenvalue weighted by Gasteiger charge is -2.44. The maximum atomic E-state index is 6.20. The first-order valence-corrected chi connectivity index (χ1v) is 6.50. The number of fused-ring (bicyclic) bond motifs is 3. The Bertz CT molecular complexity index is 213. The van der Waals surface area contributed by atoms with Crippen LogP contribution < -0.4 is 0 Å². The van der Waals surface area contributed by atoms with Crippen LogP contribution in [0.3, 0.4) is 0 Å². The molecule has 1 heteroatoms. The van der Waals surface area contributed by atoms with E-state index in [4.69, 9.17) is 4.74 Å². The predicted molar refractivity (Wildman–Crippen MR) is 57.1 cm³/mol. The molecule has 5 unspecified atom stereocenters. The van der Waals surface area contributed by atoms with Gasteiger partial charge in [0.15, 0.2) is 0 Å². The smallest absolute Gasteiger partial charge is 0.0637 e. The SMILES string of the molecule is CC1CCC2CCC3CCCC3C2O1. The molecule has 0 spiro atoms. The molecule has 0 aromatic rings. The van der Waals surface area contributed by atoms with Gasteiger partial charge in [-0.3, -0.25) is 0 Å². The van der Waals surface area contributed by atoms with Crippen molar-refractivity contribution in [1.29, 1.82) is 0 Å². The van der Waals surface area contributed by atoms with Gasteiger partial charge in [-0.25, -0.2) is 0 Å². The molecule has 0 radical (unpaired) electrons. The van der Waals surface area contributed by atoms with Gasteiger partial charge in [-0.1, -0.05) is 12.8 Å². The third-order valence-corrected chi connectivity index (χ3v) is 4.85. The summed E-state index contributed by atoms with van der Waals surface area (Å²) >= 11 is 0. The molecule has 0 aromatic carbocycles. The minimum absolute atomic E-state index is 0.538. The zero-order valence-electron chi connectivity index (χ0n) is 9.24. The van der Waals surface area contributed by atoms with E-state index in [1.807, 2.05) is 0 Å². The molecule has 5 atom stereocenters. The Kier molecular flexibility index (Phi) is 2.31. The van der Waals surface area contributed by atoms with Gasteiger partial charge in [0.2, 0.25) is 0 Å². The summed E-state index contributed by atoms with van der Waals surface area (Å²) in [5.41, 5.74) is 0. The van der Waals surface area contributed by atoms with E-state index >= 15 is 0 Å². The Balaban J connectivity index is 1.76. The first-order valence-electron chi connectivity index (χ1n) is 6.50. The Morgan fingerprint density at radius 1 is 0.857 bits per heavy atom. The molecule has 3 aliphatic rings. The molecule has 14 heavy (non-hydrogen) atoms. The van der Waals surface area contributed by atoms with Crippen LogP contribution in [0.15, 0.2) is 0 Å². The maximum absolute atomic E-state index is 6.20. The average Bonchev–Trinajstić information content (AvgIpc) is 2.65. The van der Waals surface area contributed by atoms with Gasteiger partial charge < -0.3 is 4.74 Å². The van der Waals surface area contributed by atoms with Crippen molar-refractivity contribution in [3.63, 3.8) is 0 Å². The fourth-order valence-electron chi connectivity index (χ4n) is 4.10. The van der Waals surface area contributed by atoms with E-state index in [9.17, 15) is 0 Å². The Hall–Kier alpha value is -0.0400. The molecule has 80 valence electrons. The lowest BCUT2D eigenvalue weighted by Crippen LogP contribution is -2.43. The molecule has 3 rings (SSSR count). The third kappa shape index (κ3) is 1.41. The van der Waals surface area contributed by atoms with Gasteiger partial charge >= 0.3 is 0 Å². The van der Waals surface area contributed by atoms with E-state index in [1.54, 1.807) is 0 Å². The molecule has 1 heterocycles. The Morgan fingerprint density at radius 2 is 1.64 bits per heavy atom. The lowest BCUT2D eigenvalue weighted by molar-refractivity contribution is -0.127. The Morgan fingerprint density at radius 3 is 2.57 bits per heavy atom. The molecule has 0 amide bonds. The summed E-state index contributed by atoms with van der Waals surface area (Å²) in [6, 6.07) is 0. The largest absolute Gasteiger partial charge is 0.375 e. The second kappa shape index (κ2) is 3.52. The summed E-state index contributed by atoms with van der Waals surface area (Å²) in [4.78, 5) is 0. The Labute approximate surface area is 87.2 Å². The summed E-state index contributed by atoms with van der Waals surface area (Å²) in [5, 5.41) is 0. The van der Waals surface area contributed by atoms with Crippen molar-refractivity contribution in [2.45, 2.75) is 64.1 Å². The average molecular weight is 194 g/mol. The minimum atomic E-state index is 0.538. The minimum Gasteiger partial charge on any atom is -0.375 e. The van der Waals surface area contributed by atoms with Crippen LogP contribution in [0.25, 0.3) is 0 Å². The molecule has 0 aromatic heterocycles. The molecular weight excluding hydrogens is 172 g/mol. The molecule has 2 saturated carbocycles. The second-order valence-electron chi connectivity index (χ2n) is 5.68. The van der Waals surface area contributed by atoms with E-state index in [0.29, 0.717) is 12.2 Å². The van der Waals surface area contributed by atoms with E-state index in [2.05, 4.69) is 6.92 Å². The van der Waals surface area contributed by atoms with Gasteiger partial charge in [-0.2, -0.15) is 0 Å². The van der Waals surface area contributed by atoms with Gasteiger partial charge in [0.1, 0.15) is 0 Å². The van der Waals surface area contributed by atoms with Gasteiger partial charge in [-0.15, -0.1) is 0 Å². The molecule has 1 saturated heterocycles. The first-order chi connectivity index (χ1) is 6.84. The van der Waals surface area contributed by atoms with E-state index in [1.165, 1.54) is 44.9 Å². The molecular formula is C13H22O. The zero-order chi connectivity index (χ0) is 9.54. The normalized spacial score (nSPS) is 52.5.